The lowest BCUT2D eigenvalue weighted by molar-refractivity contribution is -0.384. The van der Waals surface area contributed by atoms with Crippen molar-refractivity contribution in [2.24, 2.45) is 0 Å². The van der Waals surface area contributed by atoms with Crippen LogP contribution >= 0.6 is 0 Å². The number of nitrogens with zero attached hydrogens (tertiary/aromatic N) is 4. The van der Waals surface area contributed by atoms with Crippen LogP contribution in [0.5, 0.6) is 0 Å². The van der Waals surface area contributed by atoms with E-state index in [0.717, 1.165) is 0 Å². The van der Waals surface area contributed by atoms with E-state index in [1.165, 1.54) is 29.4 Å². The van der Waals surface area contributed by atoms with E-state index < -0.39 is 10.9 Å². The summed E-state index contributed by atoms with van der Waals surface area (Å²) in [5, 5.41) is 20.2. The molecule has 8 nitrogen and oxygen atoms in total. The first kappa shape index (κ1) is 13.7. The second-order valence-electron chi connectivity index (χ2n) is 4.06. The number of hydrogen-bond donors (Lipinski definition) is 1. The number of non-ortho nitro benzene ring substituents is 1. The molecule has 0 bridgehead atoms. The first-order valence-corrected chi connectivity index (χ1v) is 5.88. The highest BCUT2D eigenvalue weighted by Crippen LogP contribution is 2.26. The van der Waals surface area contributed by atoms with E-state index in [4.69, 9.17) is 5.11 Å². The Labute approximate surface area is 113 Å². The van der Waals surface area contributed by atoms with Gasteiger partial charge in [-0.15, -0.1) is 0 Å². The average Bonchev–Trinajstić information content (AvgIpc) is 2.43. The smallest absolute Gasteiger partial charge is 0.323 e. The molecule has 0 atom stereocenters. The topological polar surface area (TPSA) is 109 Å². The van der Waals surface area contributed by atoms with Crippen LogP contribution in [0.15, 0.2) is 24.5 Å². The molecule has 20 heavy (non-hydrogen) atoms. The molecular weight excluding hydrogens is 264 g/mol. The summed E-state index contributed by atoms with van der Waals surface area (Å²) in [6.07, 6.45) is 1.31. The Kier molecular flexibility index (Phi) is 3.74. The maximum absolute atomic E-state index is 10.9. The zero-order chi connectivity index (χ0) is 14.7. The number of carboxylic acids is 1. The number of carboxylic acid groups (broad SMARTS) is 1. The van der Waals surface area contributed by atoms with E-state index in [9.17, 15) is 14.9 Å². The van der Waals surface area contributed by atoms with E-state index >= 15 is 0 Å². The van der Waals surface area contributed by atoms with Crippen LogP contribution in [0.25, 0.3) is 10.9 Å². The summed E-state index contributed by atoms with van der Waals surface area (Å²) in [4.78, 5) is 30.8. The zero-order valence-corrected chi connectivity index (χ0v) is 10.7. The first-order valence-electron chi connectivity index (χ1n) is 5.88. The molecule has 0 saturated heterocycles. The molecule has 2 aromatic rings. The van der Waals surface area contributed by atoms with E-state index in [1.54, 1.807) is 6.92 Å². The fourth-order valence-corrected chi connectivity index (χ4v) is 1.90. The van der Waals surface area contributed by atoms with Crippen molar-refractivity contribution in [2.75, 3.05) is 18.0 Å². The quantitative estimate of drug-likeness (QED) is 0.650. The zero-order valence-electron chi connectivity index (χ0n) is 10.7. The third kappa shape index (κ3) is 2.63. The maximum atomic E-state index is 10.9. The molecule has 1 aromatic carbocycles. The number of likely N-dealkylation sites (N-methyl/N-ethyl adjacent to an activating group) is 1. The molecule has 0 radical (unpaired) electrons. The number of benzene rings is 1. The van der Waals surface area contributed by atoms with Crippen LogP contribution in [-0.4, -0.2) is 39.1 Å². The third-order valence-corrected chi connectivity index (χ3v) is 2.82. The predicted octanol–water partition coefficient (Wildman–Crippen LogP) is 1.45. The first-order chi connectivity index (χ1) is 9.52. The van der Waals surface area contributed by atoms with Gasteiger partial charge in [-0.2, -0.15) is 0 Å². The minimum Gasteiger partial charge on any atom is -0.480 e. The van der Waals surface area contributed by atoms with Crippen molar-refractivity contribution in [3.8, 4) is 0 Å². The summed E-state index contributed by atoms with van der Waals surface area (Å²) in [5.74, 6) is -0.618. The summed E-state index contributed by atoms with van der Waals surface area (Å²) in [5.41, 5.74) is 0.448. The van der Waals surface area contributed by atoms with Gasteiger partial charge in [0, 0.05) is 24.1 Å². The van der Waals surface area contributed by atoms with Crippen LogP contribution < -0.4 is 4.90 Å². The Morgan fingerprint density at radius 3 is 2.80 bits per heavy atom. The second-order valence-corrected chi connectivity index (χ2v) is 4.06. The van der Waals surface area contributed by atoms with E-state index in [0.29, 0.717) is 23.3 Å². The minimum atomic E-state index is -0.996. The fourth-order valence-electron chi connectivity index (χ4n) is 1.90. The largest absolute Gasteiger partial charge is 0.480 e. The van der Waals surface area contributed by atoms with Crippen molar-refractivity contribution < 1.29 is 14.8 Å². The third-order valence-electron chi connectivity index (χ3n) is 2.82. The van der Waals surface area contributed by atoms with Crippen LogP contribution in [0.3, 0.4) is 0 Å². The van der Waals surface area contributed by atoms with Gasteiger partial charge in [0.1, 0.15) is 18.7 Å². The summed E-state index contributed by atoms with van der Waals surface area (Å²) in [7, 11) is 0. The SMILES string of the molecule is CCN(CC(=O)O)c1ncnc2ccc([N+](=O)[O-])cc12. The molecule has 0 amide bonds. The van der Waals surface area contributed by atoms with Gasteiger partial charge >= 0.3 is 5.97 Å². The summed E-state index contributed by atoms with van der Waals surface area (Å²) in [6.45, 7) is 1.97. The molecule has 104 valence electrons. The Morgan fingerprint density at radius 1 is 1.45 bits per heavy atom. The molecule has 0 spiro atoms. The van der Waals surface area contributed by atoms with Gasteiger partial charge in [-0.25, -0.2) is 9.97 Å². The molecule has 0 saturated carbocycles. The molecule has 1 N–H and O–H groups in total. The lowest BCUT2D eigenvalue weighted by atomic mass is 10.2. The van der Waals surface area contributed by atoms with Gasteiger partial charge in [0.15, 0.2) is 0 Å². The van der Waals surface area contributed by atoms with Crippen molar-refractivity contribution in [2.45, 2.75) is 6.92 Å². The lowest BCUT2D eigenvalue weighted by Gasteiger charge is -2.20. The number of nitro benzene ring substituents is 1. The van der Waals surface area contributed by atoms with Crippen molar-refractivity contribution in [1.82, 2.24) is 9.97 Å². The van der Waals surface area contributed by atoms with Crippen molar-refractivity contribution in [3.05, 3.63) is 34.6 Å². The average molecular weight is 276 g/mol. The summed E-state index contributed by atoms with van der Waals surface area (Å²) < 4.78 is 0. The Balaban J connectivity index is 2.59. The van der Waals surface area contributed by atoms with Crippen LogP contribution in [-0.2, 0) is 4.79 Å². The number of fused-ring (bicyclic) bond motifs is 1. The molecule has 0 fully saturated rings. The molecular formula is C12H12N4O4. The van der Waals surface area contributed by atoms with Gasteiger partial charge in [0.05, 0.1) is 10.4 Å². The van der Waals surface area contributed by atoms with Crippen molar-refractivity contribution >= 4 is 28.4 Å². The monoisotopic (exact) mass is 276 g/mol. The second kappa shape index (κ2) is 5.47. The molecule has 8 heteroatoms. The number of rotatable bonds is 5. The predicted molar refractivity (Wildman–Crippen MR) is 71.7 cm³/mol. The lowest BCUT2D eigenvalue weighted by Crippen LogP contribution is -2.30. The van der Waals surface area contributed by atoms with Crippen molar-refractivity contribution in [1.29, 1.82) is 0 Å². The van der Waals surface area contributed by atoms with E-state index in [-0.39, 0.29) is 12.2 Å². The van der Waals surface area contributed by atoms with Crippen LogP contribution in [0.2, 0.25) is 0 Å². The van der Waals surface area contributed by atoms with Gasteiger partial charge in [-0.3, -0.25) is 14.9 Å². The van der Waals surface area contributed by atoms with E-state index in [1.807, 2.05) is 0 Å². The normalized spacial score (nSPS) is 10.4. The van der Waals surface area contributed by atoms with Gasteiger partial charge < -0.3 is 10.0 Å². The highest BCUT2D eigenvalue weighted by molar-refractivity contribution is 5.92. The molecule has 0 unspecified atom stereocenters. The van der Waals surface area contributed by atoms with E-state index in [2.05, 4.69) is 9.97 Å². The van der Waals surface area contributed by atoms with Crippen molar-refractivity contribution in [3.63, 3.8) is 0 Å². The summed E-state index contributed by atoms with van der Waals surface area (Å²) in [6, 6.07) is 4.23. The summed E-state index contributed by atoms with van der Waals surface area (Å²) >= 11 is 0. The molecule has 2 rings (SSSR count). The van der Waals surface area contributed by atoms with Crippen LogP contribution in [0.4, 0.5) is 11.5 Å². The molecule has 0 aliphatic carbocycles. The molecule has 1 heterocycles. The number of hydrogen-bond acceptors (Lipinski definition) is 6. The molecule has 1 aromatic heterocycles. The molecule has 0 aliphatic rings. The maximum Gasteiger partial charge on any atom is 0.323 e. The number of aliphatic carboxylic acids is 1. The van der Waals surface area contributed by atoms with Crippen LogP contribution in [0, 0.1) is 10.1 Å². The Hall–Kier alpha value is -2.77. The number of nitro groups is 1. The van der Waals surface area contributed by atoms with Gasteiger partial charge in [0.2, 0.25) is 0 Å². The standard InChI is InChI=1S/C12H12N4O4/c1-2-15(6-11(17)18)12-9-5-8(16(19)20)3-4-10(9)13-7-14-12/h3-5,7H,2,6H2,1H3,(H,17,18). The van der Waals surface area contributed by atoms with Crippen LogP contribution in [0.1, 0.15) is 6.92 Å². The molecule has 0 aliphatic heterocycles. The number of carbonyl (C=O) groups is 1. The van der Waals surface area contributed by atoms with Gasteiger partial charge in [-0.05, 0) is 13.0 Å². The van der Waals surface area contributed by atoms with Gasteiger partial charge in [-0.1, -0.05) is 0 Å². The number of anilines is 1. The van der Waals surface area contributed by atoms with Gasteiger partial charge in [0.25, 0.3) is 5.69 Å². The fraction of sp³-hybridized carbons (Fsp3) is 0.250. The number of aromatic nitrogens is 2. The highest BCUT2D eigenvalue weighted by atomic mass is 16.6. The Morgan fingerprint density at radius 2 is 2.20 bits per heavy atom. The minimum absolute atomic E-state index is 0.0834. The Bertz CT molecular complexity index is 674. The highest BCUT2D eigenvalue weighted by Gasteiger charge is 2.16.